The van der Waals surface area contributed by atoms with Crippen LogP contribution in [-0.2, 0) is 0 Å². The maximum Gasteiger partial charge on any atom is 0.291 e. The number of benzene rings is 1. The zero-order valence-corrected chi connectivity index (χ0v) is 12.5. The van der Waals surface area contributed by atoms with E-state index in [0.29, 0.717) is 22.5 Å². The molecule has 0 saturated heterocycles. The molecule has 3 N–H and O–H groups in total. The topological polar surface area (TPSA) is 108 Å². The predicted octanol–water partition coefficient (Wildman–Crippen LogP) is 2.69. The second-order valence-corrected chi connectivity index (χ2v) is 4.90. The van der Waals surface area contributed by atoms with Crippen LogP contribution in [0.15, 0.2) is 39.2 Å². The Kier molecular flexibility index (Phi) is 3.53. The first-order valence-electron chi connectivity index (χ1n) is 6.77. The lowest BCUT2D eigenvalue weighted by Gasteiger charge is -2.03. The number of nitrogens with two attached hydrogens (primary N) is 1. The molecule has 2 amide bonds. The molecule has 0 saturated carbocycles. The zero-order valence-electron chi connectivity index (χ0n) is 12.5. The Labute approximate surface area is 131 Å². The first-order chi connectivity index (χ1) is 11.0. The van der Waals surface area contributed by atoms with Crippen LogP contribution in [0.5, 0.6) is 5.75 Å². The number of nitrogens with one attached hydrogen (secondary N) is 1. The van der Waals surface area contributed by atoms with E-state index in [-0.39, 0.29) is 17.2 Å². The molecule has 0 fully saturated rings. The summed E-state index contributed by atoms with van der Waals surface area (Å²) in [6.45, 7) is 1.73. The van der Waals surface area contributed by atoms with E-state index in [2.05, 4.69) is 5.32 Å². The van der Waals surface area contributed by atoms with Crippen molar-refractivity contribution in [3.05, 3.63) is 47.6 Å². The molecular weight excluding hydrogens is 300 g/mol. The number of aryl methyl sites for hydroxylation is 1. The van der Waals surface area contributed by atoms with Crippen LogP contribution < -0.4 is 15.8 Å². The Morgan fingerprint density at radius 2 is 1.96 bits per heavy atom. The molecule has 0 atom stereocenters. The minimum Gasteiger partial charge on any atom is -0.497 e. The number of hydrogen-bond donors (Lipinski definition) is 2. The van der Waals surface area contributed by atoms with Crippen LogP contribution in [0.25, 0.3) is 11.0 Å². The second-order valence-electron chi connectivity index (χ2n) is 4.90. The van der Waals surface area contributed by atoms with Gasteiger partial charge in [-0.05, 0) is 31.2 Å². The lowest BCUT2D eigenvalue weighted by atomic mass is 10.2. The van der Waals surface area contributed by atoms with Crippen molar-refractivity contribution < 1.29 is 23.2 Å². The number of primary amides is 1. The molecule has 3 aromatic rings. The van der Waals surface area contributed by atoms with Gasteiger partial charge in [0.05, 0.1) is 7.11 Å². The highest BCUT2D eigenvalue weighted by atomic mass is 16.5. The minimum atomic E-state index is -0.786. The third-order valence-corrected chi connectivity index (χ3v) is 3.32. The Morgan fingerprint density at radius 1 is 1.17 bits per heavy atom. The lowest BCUT2D eigenvalue weighted by molar-refractivity contribution is 0.0977. The van der Waals surface area contributed by atoms with E-state index in [9.17, 15) is 9.59 Å². The fourth-order valence-corrected chi connectivity index (χ4v) is 2.23. The maximum atomic E-state index is 12.2. The van der Waals surface area contributed by atoms with Gasteiger partial charge in [-0.1, -0.05) is 0 Å². The number of carbonyl (C=O) groups is 2. The largest absolute Gasteiger partial charge is 0.497 e. The van der Waals surface area contributed by atoms with Crippen molar-refractivity contribution in [2.75, 3.05) is 12.4 Å². The number of amides is 2. The average molecular weight is 314 g/mol. The summed E-state index contributed by atoms with van der Waals surface area (Å²) in [5.74, 6) is -0.134. The van der Waals surface area contributed by atoms with Gasteiger partial charge in [0.15, 0.2) is 5.76 Å². The third-order valence-electron chi connectivity index (χ3n) is 3.32. The van der Waals surface area contributed by atoms with Gasteiger partial charge in [-0.3, -0.25) is 9.59 Å². The maximum absolute atomic E-state index is 12.2. The van der Waals surface area contributed by atoms with Gasteiger partial charge < -0.3 is 24.6 Å². The van der Waals surface area contributed by atoms with Crippen molar-refractivity contribution in [3.8, 4) is 5.75 Å². The number of carbonyl (C=O) groups excluding carboxylic acids is 2. The molecule has 0 aliphatic carbocycles. The normalized spacial score (nSPS) is 10.7. The Hall–Kier alpha value is -3.22. The number of rotatable bonds is 4. The number of ether oxygens (including phenoxy) is 1. The fourth-order valence-electron chi connectivity index (χ4n) is 2.23. The Morgan fingerprint density at radius 3 is 2.57 bits per heavy atom. The Balaban J connectivity index is 2.06. The van der Waals surface area contributed by atoms with E-state index in [1.165, 1.54) is 7.11 Å². The molecule has 1 aromatic carbocycles. The highest BCUT2D eigenvalue weighted by Gasteiger charge is 2.22. The van der Waals surface area contributed by atoms with Crippen LogP contribution in [0.1, 0.15) is 26.9 Å². The molecule has 3 rings (SSSR count). The molecule has 0 radical (unpaired) electrons. The van der Waals surface area contributed by atoms with Crippen LogP contribution in [0.4, 0.5) is 5.69 Å². The van der Waals surface area contributed by atoms with Crippen molar-refractivity contribution in [2.45, 2.75) is 6.92 Å². The minimum absolute atomic E-state index is 0.126. The van der Waals surface area contributed by atoms with E-state index in [4.69, 9.17) is 19.3 Å². The van der Waals surface area contributed by atoms with Gasteiger partial charge in [0.2, 0.25) is 5.76 Å². The summed E-state index contributed by atoms with van der Waals surface area (Å²) in [5, 5.41) is 3.15. The van der Waals surface area contributed by atoms with Crippen molar-refractivity contribution in [1.29, 1.82) is 0 Å². The van der Waals surface area contributed by atoms with Crippen molar-refractivity contribution in [3.63, 3.8) is 0 Å². The third kappa shape index (κ3) is 2.64. The summed E-state index contributed by atoms with van der Waals surface area (Å²) in [7, 11) is 1.51. The number of hydrogen-bond acceptors (Lipinski definition) is 5. The highest BCUT2D eigenvalue weighted by Crippen LogP contribution is 2.33. The molecule has 2 heterocycles. The predicted molar refractivity (Wildman–Crippen MR) is 82.7 cm³/mol. The molecule has 118 valence electrons. The average Bonchev–Trinajstić information content (AvgIpc) is 3.11. The smallest absolute Gasteiger partial charge is 0.291 e. The van der Waals surface area contributed by atoms with E-state index in [1.54, 1.807) is 37.3 Å². The van der Waals surface area contributed by atoms with Gasteiger partial charge in [0.1, 0.15) is 22.8 Å². The van der Waals surface area contributed by atoms with E-state index in [0.717, 1.165) is 0 Å². The van der Waals surface area contributed by atoms with Crippen LogP contribution in [-0.4, -0.2) is 18.9 Å². The fraction of sp³-hybridized carbons (Fsp3) is 0.125. The molecule has 0 unspecified atom stereocenters. The van der Waals surface area contributed by atoms with Gasteiger partial charge >= 0.3 is 0 Å². The summed E-state index contributed by atoms with van der Waals surface area (Å²) < 4.78 is 15.8. The number of fused-ring (bicyclic) bond motifs is 1. The van der Waals surface area contributed by atoms with Gasteiger partial charge in [0.25, 0.3) is 11.8 Å². The highest BCUT2D eigenvalue weighted by molar-refractivity contribution is 6.13. The molecule has 0 aliphatic heterocycles. The van der Waals surface area contributed by atoms with Crippen LogP contribution in [0.3, 0.4) is 0 Å². The van der Waals surface area contributed by atoms with Crippen molar-refractivity contribution >= 4 is 28.5 Å². The zero-order chi connectivity index (χ0) is 16.6. The van der Waals surface area contributed by atoms with Gasteiger partial charge in [-0.25, -0.2) is 0 Å². The summed E-state index contributed by atoms with van der Waals surface area (Å²) in [4.78, 5) is 23.8. The standard InChI is InChI=1S/C16H14N2O5/c1-8-3-6-11(22-8)16(20)18-13-10-5-4-9(21-2)7-12(10)23-14(13)15(17)19/h3-7H,1-2H3,(H2,17,19)(H,18,20). The van der Waals surface area contributed by atoms with E-state index in [1.807, 2.05) is 0 Å². The number of furan rings is 2. The molecule has 7 nitrogen and oxygen atoms in total. The van der Waals surface area contributed by atoms with Gasteiger partial charge in [0, 0.05) is 11.5 Å². The summed E-state index contributed by atoms with van der Waals surface area (Å²) in [6.07, 6.45) is 0. The van der Waals surface area contributed by atoms with Crippen molar-refractivity contribution in [1.82, 2.24) is 0 Å². The van der Waals surface area contributed by atoms with E-state index < -0.39 is 11.8 Å². The Bertz CT molecular complexity index is 906. The summed E-state index contributed by atoms with van der Waals surface area (Å²) in [6, 6.07) is 8.18. The van der Waals surface area contributed by atoms with E-state index >= 15 is 0 Å². The van der Waals surface area contributed by atoms with Crippen LogP contribution >= 0.6 is 0 Å². The number of methoxy groups -OCH3 is 1. The first-order valence-corrected chi connectivity index (χ1v) is 6.77. The monoisotopic (exact) mass is 314 g/mol. The quantitative estimate of drug-likeness (QED) is 0.769. The summed E-state index contributed by atoms with van der Waals surface area (Å²) >= 11 is 0. The lowest BCUT2D eigenvalue weighted by Crippen LogP contribution is -2.16. The van der Waals surface area contributed by atoms with Crippen LogP contribution in [0.2, 0.25) is 0 Å². The summed E-state index contributed by atoms with van der Waals surface area (Å²) in [5.41, 5.74) is 5.91. The van der Waals surface area contributed by atoms with Crippen molar-refractivity contribution in [2.24, 2.45) is 5.73 Å². The second kappa shape index (κ2) is 5.53. The molecule has 0 bridgehead atoms. The first kappa shape index (κ1) is 14.7. The van der Waals surface area contributed by atoms with Gasteiger partial charge in [-0.2, -0.15) is 0 Å². The molecule has 7 heteroatoms. The molecular formula is C16H14N2O5. The molecule has 0 aliphatic rings. The SMILES string of the molecule is COc1ccc2c(NC(=O)c3ccc(C)o3)c(C(N)=O)oc2c1. The van der Waals surface area contributed by atoms with Gasteiger partial charge in [-0.15, -0.1) is 0 Å². The molecule has 0 spiro atoms. The molecule has 23 heavy (non-hydrogen) atoms. The van der Waals surface area contributed by atoms with Crippen LogP contribution in [0, 0.1) is 6.92 Å². The number of anilines is 1. The molecule has 2 aromatic heterocycles.